The Morgan fingerprint density at radius 2 is 1.69 bits per heavy atom. The number of nitrogens with one attached hydrogen (secondary N) is 2. The second-order valence-corrected chi connectivity index (χ2v) is 6.50. The molecule has 0 atom stereocenters. The summed E-state index contributed by atoms with van der Waals surface area (Å²) in [5.74, 6) is -0.0471. The van der Waals surface area contributed by atoms with Gasteiger partial charge in [-0.3, -0.25) is 4.79 Å². The molecule has 0 unspecified atom stereocenters. The van der Waals surface area contributed by atoms with Crippen molar-refractivity contribution in [2.45, 2.75) is 13.8 Å². The normalized spacial score (nSPS) is 10.5. The van der Waals surface area contributed by atoms with Gasteiger partial charge in [0, 0.05) is 11.4 Å². The van der Waals surface area contributed by atoms with Crippen LogP contribution in [0.1, 0.15) is 21.7 Å². The summed E-state index contributed by atoms with van der Waals surface area (Å²) < 4.78 is 0. The highest BCUT2D eigenvalue weighted by molar-refractivity contribution is 6.43. The maximum atomic E-state index is 12.6. The zero-order chi connectivity index (χ0) is 18.7. The second kappa shape index (κ2) is 7.72. The molecule has 0 spiro atoms. The van der Waals surface area contributed by atoms with Crippen LogP contribution in [0.5, 0.6) is 0 Å². The van der Waals surface area contributed by atoms with E-state index < -0.39 is 0 Å². The zero-order valence-corrected chi connectivity index (χ0v) is 15.7. The number of para-hydroxylation sites is 1. The number of halogens is 2. The van der Waals surface area contributed by atoms with Gasteiger partial charge in [0.2, 0.25) is 5.95 Å². The Bertz CT molecular complexity index is 976. The van der Waals surface area contributed by atoms with Crippen LogP contribution in [0.2, 0.25) is 10.0 Å². The third-order valence-electron chi connectivity index (χ3n) is 3.68. The van der Waals surface area contributed by atoms with E-state index in [4.69, 9.17) is 23.2 Å². The molecule has 0 aliphatic rings. The quantitative estimate of drug-likeness (QED) is 0.629. The number of carbonyl (C=O) groups is 1. The van der Waals surface area contributed by atoms with Crippen LogP contribution in [-0.4, -0.2) is 15.9 Å². The number of benzene rings is 2. The SMILES string of the molecule is Cc1cc(C(=O)Nc2ccccc2C)nc(Nc2cccc(Cl)c2Cl)n1. The molecule has 26 heavy (non-hydrogen) atoms. The van der Waals surface area contributed by atoms with E-state index in [9.17, 15) is 4.79 Å². The predicted octanol–water partition coefficient (Wildman–Crippen LogP) is 5.40. The monoisotopic (exact) mass is 386 g/mol. The minimum absolute atomic E-state index is 0.251. The number of rotatable bonds is 4. The molecular weight excluding hydrogens is 371 g/mol. The molecule has 132 valence electrons. The molecule has 1 amide bonds. The number of hydrogen-bond donors (Lipinski definition) is 2. The molecule has 0 saturated heterocycles. The number of hydrogen-bond acceptors (Lipinski definition) is 4. The summed E-state index contributed by atoms with van der Waals surface area (Å²) in [6.45, 7) is 3.71. The van der Waals surface area contributed by atoms with Crippen LogP contribution in [0.15, 0.2) is 48.5 Å². The molecule has 3 aromatic rings. The van der Waals surface area contributed by atoms with Crippen LogP contribution in [0, 0.1) is 13.8 Å². The van der Waals surface area contributed by atoms with Gasteiger partial charge in [-0.25, -0.2) is 9.97 Å². The Morgan fingerprint density at radius 1 is 0.962 bits per heavy atom. The van der Waals surface area contributed by atoms with Gasteiger partial charge in [-0.15, -0.1) is 0 Å². The molecule has 3 rings (SSSR count). The van der Waals surface area contributed by atoms with Crippen molar-refractivity contribution in [2.75, 3.05) is 10.6 Å². The van der Waals surface area contributed by atoms with E-state index in [1.165, 1.54) is 0 Å². The maximum Gasteiger partial charge on any atom is 0.274 e. The Balaban J connectivity index is 1.86. The maximum absolute atomic E-state index is 12.6. The van der Waals surface area contributed by atoms with Crippen LogP contribution in [0.25, 0.3) is 0 Å². The van der Waals surface area contributed by atoms with E-state index in [0.717, 1.165) is 11.3 Å². The lowest BCUT2D eigenvalue weighted by Crippen LogP contribution is -2.16. The van der Waals surface area contributed by atoms with Crippen LogP contribution in [0.4, 0.5) is 17.3 Å². The van der Waals surface area contributed by atoms with E-state index in [-0.39, 0.29) is 17.5 Å². The fourth-order valence-electron chi connectivity index (χ4n) is 2.36. The number of anilines is 3. The van der Waals surface area contributed by atoms with E-state index in [1.54, 1.807) is 31.2 Å². The van der Waals surface area contributed by atoms with Gasteiger partial charge in [0.15, 0.2) is 0 Å². The highest BCUT2D eigenvalue weighted by atomic mass is 35.5. The minimum Gasteiger partial charge on any atom is -0.323 e. The van der Waals surface area contributed by atoms with Gasteiger partial charge in [0.25, 0.3) is 5.91 Å². The Morgan fingerprint density at radius 3 is 2.46 bits per heavy atom. The standard InChI is InChI=1S/C19H16Cl2N4O/c1-11-6-3-4-8-14(11)23-18(26)16-10-12(2)22-19(25-16)24-15-9-5-7-13(20)17(15)21/h3-10H,1-2H3,(H,23,26)(H,22,24,25). The van der Waals surface area contributed by atoms with Crippen molar-refractivity contribution in [3.05, 3.63) is 75.5 Å². The van der Waals surface area contributed by atoms with Gasteiger partial charge in [-0.05, 0) is 43.7 Å². The van der Waals surface area contributed by atoms with E-state index in [0.29, 0.717) is 21.4 Å². The lowest BCUT2D eigenvalue weighted by molar-refractivity contribution is 0.102. The molecule has 7 heteroatoms. The fraction of sp³-hybridized carbons (Fsp3) is 0.105. The highest BCUT2D eigenvalue weighted by Crippen LogP contribution is 2.31. The lowest BCUT2D eigenvalue weighted by Gasteiger charge is -2.11. The van der Waals surface area contributed by atoms with E-state index in [2.05, 4.69) is 20.6 Å². The predicted molar refractivity (Wildman–Crippen MR) is 106 cm³/mol. The van der Waals surface area contributed by atoms with Crippen molar-refractivity contribution in [2.24, 2.45) is 0 Å². The van der Waals surface area contributed by atoms with Gasteiger partial charge in [0.05, 0.1) is 15.7 Å². The van der Waals surface area contributed by atoms with Crippen molar-refractivity contribution in [3.8, 4) is 0 Å². The number of nitrogens with zero attached hydrogens (tertiary/aromatic N) is 2. The topological polar surface area (TPSA) is 66.9 Å². The number of aryl methyl sites for hydroxylation is 2. The molecule has 0 fully saturated rings. The largest absolute Gasteiger partial charge is 0.323 e. The van der Waals surface area contributed by atoms with Gasteiger partial charge in [-0.1, -0.05) is 47.5 Å². The zero-order valence-electron chi connectivity index (χ0n) is 14.2. The van der Waals surface area contributed by atoms with Crippen molar-refractivity contribution in [3.63, 3.8) is 0 Å². The average molecular weight is 387 g/mol. The first-order valence-corrected chi connectivity index (χ1v) is 8.63. The molecule has 1 heterocycles. The third kappa shape index (κ3) is 4.12. The van der Waals surface area contributed by atoms with Gasteiger partial charge in [0.1, 0.15) is 5.69 Å². The number of amides is 1. The second-order valence-electron chi connectivity index (χ2n) is 5.71. The fourth-order valence-corrected chi connectivity index (χ4v) is 2.71. The molecule has 5 nitrogen and oxygen atoms in total. The summed E-state index contributed by atoms with van der Waals surface area (Å²) >= 11 is 12.2. The first-order chi connectivity index (χ1) is 12.4. The average Bonchev–Trinajstić information content (AvgIpc) is 2.60. The summed E-state index contributed by atoms with van der Waals surface area (Å²) in [5.41, 5.74) is 3.17. The van der Waals surface area contributed by atoms with Crippen molar-refractivity contribution in [1.82, 2.24) is 9.97 Å². The van der Waals surface area contributed by atoms with E-state index in [1.807, 2.05) is 31.2 Å². The molecular formula is C19H16Cl2N4O. The highest BCUT2D eigenvalue weighted by Gasteiger charge is 2.13. The molecule has 0 bridgehead atoms. The van der Waals surface area contributed by atoms with E-state index >= 15 is 0 Å². The minimum atomic E-state index is -0.315. The van der Waals surface area contributed by atoms with Crippen molar-refractivity contribution < 1.29 is 4.79 Å². The Labute approximate surface area is 161 Å². The lowest BCUT2D eigenvalue weighted by atomic mass is 10.2. The van der Waals surface area contributed by atoms with Crippen molar-refractivity contribution >= 4 is 46.4 Å². The number of aromatic nitrogens is 2. The smallest absolute Gasteiger partial charge is 0.274 e. The van der Waals surface area contributed by atoms with Gasteiger partial charge >= 0.3 is 0 Å². The summed E-state index contributed by atoms with van der Waals surface area (Å²) in [7, 11) is 0. The van der Waals surface area contributed by atoms with Crippen LogP contribution < -0.4 is 10.6 Å². The summed E-state index contributed by atoms with van der Waals surface area (Å²) in [6.07, 6.45) is 0. The third-order valence-corrected chi connectivity index (χ3v) is 4.50. The molecule has 1 aromatic heterocycles. The molecule has 2 aromatic carbocycles. The molecule has 0 saturated carbocycles. The van der Waals surface area contributed by atoms with Crippen LogP contribution in [-0.2, 0) is 0 Å². The molecule has 0 radical (unpaired) electrons. The van der Waals surface area contributed by atoms with Crippen LogP contribution >= 0.6 is 23.2 Å². The molecule has 0 aliphatic carbocycles. The Hall–Kier alpha value is -2.63. The van der Waals surface area contributed by atoms with Gasteiger partial charge < -0.3 is 10.6 Å². The summed E-state index contributed by atoms with van der Waals surface area (Å²) in [6, 6.07) is 14.4. The first-order valence-electron chi connectivity index (χ1n) is 7.88. The summed E-state index contributed by atoms with van der Waals surface area (Å²) in [4.78, 5) is 21.2. The van der Waals surface area contributed by atoms with Crippen LogP contribution in [0.3, 0.4) is 0 Å². The summed E-state index contributed by atoms with van der Waals surface area (Å²) in [5, 5.41) is 6.65. The molecule has 0 aliphatic heterocycles. The Kier molecular flexibility index (Phi) is 5.40. The first kappa shape index (κ1) is 18.2. The van der Waals surface area contributed by atoms with Gasteiger partial charge in [-0.2, -0.15) is 0 Å². The van der Waals surface area contributed by atoms with Crippen molar-refractivity contribution in [1.29, 1.82) is 0 Å². The molecule has 2 N–H and O–H groups in total. The number of carbonyl (C=O) groups excluding carboxylic acids is 1.